The van der Waals surface area contributed by atoms with Crippen molar-refractivity contribution in [2.24, 2.45) is 0 Å². The van der Waals surface area contributed by atoms with E-state index in [1.807, 2.05) is 0 Å². The Balaban J connectivity index is 1.78. The summed E-state index contributed by atoms with van der Waals surface area (Å²) in [7, 11) is 0. The Hall–Kier alpha value is -2.71. The van der Waals surface area contributed by atoms with Crippen molar-refractivity contribution in [1.82, 2.24) is 30.0 Å². The zero-order valence-corrected chi connectivity index (χ0v) is 10.7. The van der Waals surface area contributed by atoms with Crippen molar-refractivity contribution >= 4 is 17.8 Å². The Morgan fingerprint density at radius 2 is 2.30 bits per heavy atom. The molecule has 104 valence electrons. The second-order valence-electron chi connectivity index (χ2n) is 4.45. The maximum Gasteiger partial charge on any atom is 0.257 e. The van der Waals surface area contributed by atoms with Gasteiger partial charge < -0.3 is 16.4 Å². The van der Waals surface area contributed by atoms with E-state index in [0.29, 0.717) is 24.9 Å². The van der Waals surface area contributed by atoms with Crippen molar-refractivity contribution in [3.05, 3.63) is 18.5 Å². The lowest BCUT2D eigenvalue weighted by Gasteiger charge is -2.23. The minimum Gasteiger partial charge on any atom is -0.368 e. The van der Waals surface area contributed by atoms with Gasteiger partial charge in [-0.15, -0.1) is 0 Å². The van der Waals surface area contributed by atoms with Crippen molar-refractivity contribution in [3.63, 3.8) is 0 Å². The molecule has 20 heavy (non-hydrogen) atoms. The van der Waals surface area contributed by atoms with E-state index < -0.39 is 0 Å². The molecule has 0 aromatic carbocycles. The first kappa shape index (κ1) is 12.3. The summed E-state index contributed by atoms with van der Waals surface area (Å²) in [5.41, 5.74) is 5.68. The Labute approximate surface area is 114 Å². The van der Waals surface area contributed by atoms with Gasteiger partial charge in [0.1, 0.15) is 0 Å². The number of carbonyl (C=O) groups is 1. The first-order valence-electron chi connectivity index (χ1n) is 6.25. The second kappa shape index (κ2) is 5.11. The summed E-state index contributed by atoms with van der Waals surface area (Å²) in [5.74, 6) is 0.914. The lowest BCUT2D eigenvalue weighted by atomic mass is 10.1. The minimum atomic E-state index is 0.0652. The Morgan fingerprint density at radius 1 is 1.40 bits per heavy atom. The largest absolute Gasteiger partial charge is 0.368 e. The van der Waals surface area contributed by atoms with Crippen molar-refractivity contribution in [1.29, 1.82) is 0 Å². The van der Waals surface area contributed by atoms with Gasteiger partial charge in [0, 0.05) is 31.4 Å². The molecule has 0 bridgehead atoms. The molecule has 1 aliphatic heterocycles. The first-order chi connectivity index (χ1) is 9.70. The van der Waals surface area contributed by atoms with Gasteiger partial charge in [-0.25, -0.2) is 4.68 Å². The lowest BCUT2D eigenvalue weighted by molar-refractivity contribution is -0.122. The van der Waals surface area contributed by atoms with Crippen molar-refractivity contribution < 1.29 is 4.79 Å². The van der Waals surface area contributed by atoms with Crippen molar-refractivity contribution in [2.75, 3.05) is 17.6 Å². The first-order valence-corrected chi connectivity index (χ1v) is 6.25. The van der Waals surface area contributed by atoms with Crippen LogP contribution in [0.15, 0.2) is 18.5 Å². The summed E-state index contributed by atoms with van der Waals surface area (Å²) in [4.78, 5) is 23.5. The Morgan fingerprint density at radius 3 is 3.00 bits per heavy atom. The molecule has 1 fully saturated rings. The van der Waals surface area contributed by atoms with Crippen LogP contribution < -0.4 is 16.4 Å². The van der Waals surface area contributed by atoms with Gasteiger partial charge in [-0.05, 0) is 12.5 Å². The van der Waals surface area contributed by atoms with E-state index in [0.717, 1.165) is 6.42 Å². The number of carbonyl (C=O) groups excluding carboxylic acids is 1. The molecule has 3 rings (SSSR count). The molecular formula is C11H14N8O. The molecule has 4 N–H and O–H groups in total. The van der Waals surface area contributed by atoms with Crippen LogP contribution in [0.25, 0.3) is 5.95 Å². The number of rotatable bonds is 3. The number of nitrogen functional groups attached to an aromatic ring is 1. The molecule has 2 aromatic rings. The lowest BCUT2D eigenvalue weighted by Crippen LogP contribution is -2.42. The summed E-state index contributed by atoms with van der Waals surface area (Å²) in [6, 6.07) is 1.85. The van der Waals surface area contributed by atoms with Crippen LogP contribution in [0.4, 0.5) is 11.9 Å². The van der Waals surface area contributed by atoms with Gasteiger partial charge in [0.05, 0.1) is 0 Å². The number of aromatic nitrogens is 5. The summed E-state index contributed by atoms with van der Waals surface area (Å²) in [6.07, 6.45) is 4.57. The van der Waals surface area contributed by atoms with Crippen LogP contribution in [-0.4, -0.2) is 43.2 Å². The predicted octanol–water partition coefficient (Wildman–Crippen LogP) is -0.670. The van der Waals surface area contributed by atoms with E-state index in [4.69, 9.17) is 5.73 Å². The van der Waals surface area contributed by atoms with Gasteiger partial charge in [0.25, 0.3) is 5.95 Å². The third-order valence-corrected chi connectivity index (χ3v) is 2.95. The van der Waals surface area contributed by atoms with Crippen LogP contribution in [0.5, 0.6) is 0 Å². The highest BCUT2D eigenvalue weighted by atomic mass is 16.1. The van der Waals surface area contributed by atoms with Gasteiger partial charge in [-0.2, -0.15) is 20.1 Å². The highest BCUT2D eigenvalue weighted by Crippen LogP contribution is 2.11. The van der Waals surface area contributed by atoms with E-state index >= 15 is 0 Å². The van der Waals surface area contributed by atoms with Crippen LogP contribution in [0.3, 0.4) is 0 Å². The van der Waals surface area contributed by atoms with Crippen LogP contribution >= 0.6 is 0 Å². The van der Waals surface area contributed by atoms with E-state index in [-0.39, 0.29) is 17.9 Å². The van der Waals surface area contributed by atoms with Crippen molar-refractivity contribution in [2.45, 2.75) is 18.9 Å². The number of hydrogen-bond donors (Lipinski definition) is 3. The maximum atomic E-state index is 11.1. The maximum absolute atomic E-state index is 11.1. The smallest absolute Gasteiger partial charge is 0.257 e. The quantitative estimate of drug-likeness (QED) is 0.678. The standard InChI is InChI=1S/C11H14N8O/c12-9-16-10(15-7-2-3-8(20)13-6-7)18-11(17-9)19-5-1-4-14-19/h1,4-5,7H,2-3,6H2,(H,13,20)(H3,12,15,16,17,18). The summed E-state index contributed by atoms with van der Waals surface area (Å²) in [6.45, 7) is 0.543. The highest BCUT2D eigenvalue weighted by molar-refractivity contribution is 5.76. The number of nitrogens with two attached hydrogens (primary N) is 1. The third kappa shape index (κ3) is 2.66. The fourth-order valence-corrected chi connectivity index (χ4v) is 1.97. The zero-order valence-electron chi connectivity index (χ0n) is 10.7. The van der Waals surface area contributed by atoms with Gasteiger partial charge in [0.2, 0.25) is 17.8 Å². The normalized spacial score (nSPS) is 18.6. The Bertz CT molecular complexity index is 601. The predicted molar refractivity (Wildman–Crippen MR) is 71.0 cm³/mol. The summed E-state index contributed by atoms with van der Waals surface area (Å²) in [5, 5.41) is 9.98. The molecule has 9 nitrogen and oxygen atoms in total. The van der Waals surface area contributed by atoms with Crippen LogP contribution in [0.2, 0.25) is 0 Å². The summed E-state index contributed by atoms with van der Waals surface area (Å²) >= 11 is 0. The van der Waals surface area contributed by atoms with Gasteiger partial charge in [0.15, 0.2) is 0 Å². The van der Waals surface area contributed by atoms with E-state index in [9.17, 15) is 4.79 Å². The number of hydrogen-bond acceptors (Lipinski definition) is 7. The minimum absolute atomic E-state index is 0.0652. The van der Waals surface area contributed by atoms with Crippen LogP contribution in [-0.2, 0) is 4.79 Å². The molecular weight excluding hydrogens is 260 g/mol. The van der Waals surface area contributed by atoms with Crippen LogP contribution in [0, 0.1) is 0 Å². The molecule has 0 spiro atoms. The van der Waals surface area contributed by atoms with Gasteiger partial charge >= 0.3 is 0 Å². The second-order valence-corrected chi connectivity index (χ2v) is 4.45. The molecule has 1 unspecified atom stereocenters. The number of nitrogens with one attached hydrogen (secondary N) is 2. The zero-order chi connectivity index (χ0) is 13.9. The molecule has 1 saturated heterocycles. The third-order valence-electron chi connectivity index (χ3n) is 2.95. The van der Waals surface area contributed by atoms with Gasteiger partial charge in [-0.3, -0.25) is 4.79 Å². The molecule has 9 heteroatoms. The molecule has 0 aliphatic carbocycles. The van der Waals surface area contributed by atoms with Crippen LogP contribution in [0.1, 0.15) is 12.8 Å². The van der Waals surface area contributed by atoms with E-state index in [2.05, 4.69) is 30.7 Å². The van der Waals surface area contributed by atoms with Crippen molar-refractivity contribution in [3.8, 4) is 5.95 Å². The topological polar surface area (TPSA) is 124 Å². The molecule has 1 amide bonds. The molecule has 1 aliphatic rings. The number of piperidine rings is 1. The monoisotopic (exact) mass is 274 g/mol. The van der Waals surface area contributed by atoms with E-state index in [1.54, 1.807) is 18.5 Å². The summed E-state index contributed by atoms with van der Waals surface area (Å²) < 4.78 is 1.51. The molecule has 1 atom stereocenters. The molecule has 3 heterocycles. The fraction of sp³-hybridized carbons (Fsp3) is 0.364. The fourth-order valence-electron chi connectivity index (χ4n) is 1.97. The average molecular weight is 274 g/mol. The SMILES string of the molecule is Nc1nc(NC2CCC(=O)NC2)nc(-n2cccn2)n1. The molecule has 2 aromatic heterocycles. The van der Waals surface area contributed by atoms with E-state index in [1.165, 1.54) is 4.68 Å². The number of amides is 1. The van der Waals surface area contributed by atoms with Gasteiger partial charge in [-0.1, -0.05) is 0 Å². The molecule has 0 radical (unpaired) electrons. The highest BCUT2D eigenvalue weighted by Gasteiger charge is 2.19. The molecule has 0 saturated carbocycles. The Kier molecular flexibility index (Phi) is 3.15. The number of anilines is 2. The number of nitrogens with zero attached hydrogens (tertiary/aromatic N) is 5. The average Bonchev–Trinajstić information content (AvgIpc) is 2.95.